The van der Waals surface area contributed by atoms with E-state index in [2.05, 4.69) is 41.3 Å². The summed E-state index contributed by atoms with van der Waals surface area (Å²) in [7, 11) is 1.69. The van der Waals surface area contributed by atoms with Crippen molar-refractivity contribution in [2.45, 2.75) is 19.1 Å². The SMILES string of the molecule is COc1ccc(C(CN)N2Cc3ccccc3C2)cc1. The summed E-state index contributed by atoms with van der Waals surface area (Å²) >= 11 is 0. The summed E-state index contributed by atoms with van der Waals surface area (Å²) in [6.45, 7) is 2.58. The van der Waals surface area contributed by atoms with Crippen molar-refractivity contribution >= 4 is 0 Å². The quantitative estimate of drug-likeness (QED) is 0.926. The standard InChI is InChI=1S/C17H20N2O/c1-20-16-8-6-13(7-9-16)17(10-18)19-11-14-4-2-3-5-15(14)12-19/h2-9,17H,10-12,18H2,1H3. The maximum atomic E-state index is 6.02. The molecule has 20 heavy (non-hydrogen) atoms. The van der Waals surface area contributed by atoms with Crippen molar-refractivity contribution in [1.82, 2.24) is 4.90 Å². The Kier molecular flexibility index (Phi) is 3.72. The number of ether oxygens (including phenoxy) is 1. The van der Waals surface area contributed by atoms with Gasteiger partial charge >= 0.3 is 0 Å². The molecule has 104 valence electrons. The lowest BCUT2D eigenvalue weighted by Crippen LogP contribution is -2.29. The van der Waals surface area contributed by atoms with E-state index in [0.717, 1.165) is 18.8 Å². The molecule has 0 fully saturated rings. The molecule has 0 saturated heterocycles. The fraction of sp³-hybridized carbons (Fsp3) is 0.294. The number of hydrogen-bond acceptors (Lipinski definition) is 3. The van der Waals surface area contributed by atoms with E-state index in [4.69, 9.17) is 10.5 Å². The van der Waals surface area contributed by atoms with E-state index in [1.54, 1.807) is 7.11 Å². The number of hydrogen-bond donors (Lipinski definition) is 1. The largest absolute Gasteiger partial charge is 0.497 e. The molecule has 0 radical (unpaired) electrons. The van der Waals surface area contributed by atoms with Crippen LogP contribution in [0.2, 0.25) is 0 Å². The number of benzene rings is 2. The lowest BCUT2D eigenvalue weighted by atomic mass is 10.1. The smallest absolute Gasteiger partial charge is 0.118 e. The zero-order valence-corrected chi connectivity index (χ0v) is 11.8. The topological polar surface area (TPSA) is 38.5 Å². The van der Waals surface area contributed by atoms with Gasteiger partial charge in [-0.1, -0.05) is 36.4 Å². The fourth-order valence-corrected chi connectivity index (χ4v) is 2.90. The number of fused-ring (bicyclic) bond motifs is 1. The van der Waals surface area contributed by atoms with E-state index in [1.807, 2.05) is 12.1 Å². The number of nitrogens with two attached hydrogens (primary N) is 1. The second-order valence-electron chi connectivity index (χ2n) is 5.20. The van der Waals surface area contributed by atoms with Gasteiger partial charge in [-0.3, -0.25) is 4.90 Å². The molecule has 3 heteroatoms. The molecular formula is C17H20N2O. The highest BCUT2D eigenvalue weighted by Gasteiger charge is 2.25. The third-order valence-electron chi connectivity index (χ3n) is 4.03. The van der Waals surface area contributed by atoms with E-state index in [9.17, 15) is 0 Å². The molecule has 3 rings (SSSR count). The van der Waals surface area contributed by atoms with Crippen LogP contribution < -0.4 is 10.5 Å². The van der Waals surface area contributed by atoms with Crippen molar-refractivity contribution in [2.24, 2.45) is 5.73 Å². The van der Waals surface area contributed by atoms with Gasteiger partial charge in [0.25, 0.3) is 0 Å². The Bertz CT molecular complexity index is 555. The summed E-state index contributed by atoms with van der Waals surface area (Å²) in [5, 5.41) is 0. The van der Waals surface area contributed by atoms with Gasteiger partial charge in [-0.25, -0.2) is 0 Å². The van der Waals surface area contributed by atoms with E-state index in [-0.39, 0.29) is 6.04 Å². The first-order valence-corrected chi connectivity index (χ1v) is 6.96. The van der Waals surface area contributed by atoms with Gasteiger partial charge in [0.15, 0.2) is 0 Å². The van der Waals surface area contributed by atoms with Crippen molar-refractivity contribution in [3.63, 3.8) is 0 Å². The summed E-state index contributed by atoms with van der Waals surface area (Å²) in [4.78, 5) is 2.44. The molecule has 3 nitrogen and oxygen atoms in total. The summed E-state index contributed by atoms with van der Waals surface area (Å²) in [6, 6.07) is 17.1. The van der Waals surface area contributed by atoms with Gasteiger partial charge in [-0.2, -0.15) is 0 Å². The summed E-state index contributed by atoms with van der Waals surface area (Å²) in [5.41, 5.74) is 10.1. The normalized spacial score (nSPS) is 15.9. The number of nitrogens with zero attached hydrogens (tertiary/aromatic N) is 1. The van der Waals surface area contributed by atoms with Crippen LogP contribution in [0.1, 0.15) is 22.7 Å². The van der Waals surface area contributed by atoms with Crippen LogP contribution in [0.15, 0.2) is 48.5 Å². The second kappa shape index (κ2) is 5.65. The molecule has 1 unspecified atom stereocenters. The molecule has 0 bridgehead atoms. The molecule has 0 spiro atoms. The molecule has 0 aliphatic carbocycles. The highest BCUT2D eigenvalue weighted by atomic mass is 16.5. The molecular weight excluding hydrogens is 248 g/mol. The minimum Gasteiger partial charge on any atom is -0.497 e. The Labute approximate surface area is 120 Å². The van der Waals surface area contributed by atoms with E-state index >= 15 is 0 Å². The molecule has 2 aromatic carbocycles. The van der Waals surface area contributed by atoms with Crippen LogP contribution >= 0.6 is 0 Å². The molecule has 0 aromatic heterocycles. The summed E-state index contributed by atoms with van der Waals surface area (Å²) < 4.78 is 5.21. The van der Waals surface area contributed by atoms with E-state index in [1.165, 1.54) is 16.7 Å². The van der Waals surface area contributed by atoms with Gasteiger partial charge in [-0.15, -0.1) is 0 Å². The van der Waals surface area contributed by atoms with Crippen LogP contribution in [0.3, 0.4) is 0 Å². The highest BCUT2D eigenvalue weighted by Crippen LogP contribution is 2.31. The Morgan fingerprint density at radius 3 is 2.15 bits per heavy atom. The second-order valence-corrected chi connectivity index (χ2v) is 5.20. The van der Waals surface area contributed by atoms with Gasteiger partial charge in [0.1, 0.15) is 5.75 Å². The summed E-state index contributed by atoms with van der Waals surface area (Å²) in [6.07, 6.45) is 0. The lowest BCUT2D eigenvalue weighted by Gasteiger charge is -2.26. The van der Waals surface area contributed by atoms with Crippen LogP contribution in [0, 0.1) is 0 Å². The van der Waals surface area contributed by atoms with Gasteiger partial charge < -0.3 is 10.5 Å². The average molecular weight is 268 g/mol. The van der Waals surface area contributed by atoms with Gasteiger partial charge in [0.05, 0.1) is 7.11 Å². The van der Waals surface area contributed by atoms with Gasteiger partial charge in [0, 0.05) is 25.7 Å². The van der Waals surface area contributed by atoms with E-state index in [0.29, 0.717) is 6.54 Å². The molecule has 0 saturated carbocycles. The molecule has 0 amide bonds. The van der Waals surface area contributed by atoms with Crippen molar-refractivity contribution in [3.05, 3.63) is 65.2 Å². The number of methoxy groups -OCH3 is 1. The Morgan fingerprint density at radius 2 is 1.65 bits per heavy atom. The molecule has 1 atom stereocenters. The van der Waals surface area contributed by atoms with Crippen molar-refractivity contribution in [2.75, 3.05) is 13.7 Å². The van der Waals surface area contributed by atoms with E-state index < -0.39 is 0 Å². The molecule has 1 aliphatic heterocycles. The highest BCUT2D eigenvalue weighted by molar-refractivity contribution is 5.33. The molecule has 2 aromatic rings. The van der Waals surface area contributed by atoms with Crippen LogP contribution in [0.25, 0.3) is 0 Å². The summed E-state index contributed by atoms with van der Waals surface area (Å²) in [5.74, 6) is 0.884. The molecule has 1 heterocycles. The zero-order chi connectivity index (χ0) is 13.9. The van der Waals surface area contributed by atoms with Crippen LogP contribution in [0.5, 0.6) is 5.75 Å². The minimum atomic E-state index is 0.258. The molecule has 2 N–H and O–H groups in total. The Hall–Kier alpha value is -1.84. The zero-order valence-electron chi connectivity index (χ0n) is 11.8. The Balaban J connectivity index is 1.81. The Morgan fingerprint density at radius 1 is 1.05 bits per heavy atom. The van der Waals surface area contributed by atoms with Crippen molar-refractivity contribution in [3.8, 4) is 5.75 Å². The first kappa shape index (κ1) is 13.2. The van der Waals surface area contributed by atoms with Gasteiger partial charge in [-0.05, 0) is 28.8 Å². The minimum absolute atomic E-state index is 0.258. The maximum absolute atomic E-state index is 6.02. The maximum Gasteiger partial charge on any atom is 0.118 e. The first-order valence-electron chi connectivity index (χ1n) is 6.96. The van der Waals surface area contributed by atoms with Crippen LogP contribution in [-0.2, 0) is 13.1 Å². The van der Waals surface area contributed by atoms with Crippen LogP contribution in [-0.4, -0.2) is 18.6 Å². The predicted molar refractivity (Wildman–Crippen MR) is 80.5 cm³/mol. The predicted octanol–water partition coefficient (Wildman–Crippen LogP) is 2.71. The van der Waals surface area contributed by atoms with Crippen molar-refractivity contribution in [1.29, 1.82) is 0 Å². The third-order valence-corrected chi connectivity index (χ3v) is 4.03. The molecule has 1 aliphatic rings. The average Bonchev–Trinajstić information content (AvgIpc) is 2.92. The third kappa shape index (κ3) is 2.42. The fourth-order valence-electron chi connectivity index (χ4n) is 2.90. The monoisotopic (exact) mass is 268 g/mol. The van der Waals surface area contributed by atoms with Crippen molar-refractivity contribution < 1.29 is 4.74 Å². The number of rotatable bonds is 4. The lowest BCUT2D eigenvalue weighted by molar-refractivity contribution is 0.205. The first-order chi connectivity index (χ1) is 9.81. The van der Waals surface area contributed by atoms with Crippen LogP contribution in [0.4, 0.5) is 0 Å². The van der Waals surface area contributed by atoms with Gasteiger partial charge in [0.2, 0.25) is 0 Å².